The standard InChI is InChI=1S/C13H13FN2OS2/c1-8-11(19-7-16-8)5-6-17-10-4-2-3-9(14)12(10)13(15)18/h2-4,7H,5-6H2,1H3,(H2,15,18). The molecule has 0 fully saturated rings. The van der Waals surface area contributed by atoms with Crippen LogP contribution in [-0.2, 0) is 6.42 Å². The molecule has 0 amide bonds. The van der Waals surface area contributed by atoms with E-state index in [-0.39, 0.29) is 10.6 Å². The number of ether oxygens (including phenoxy) is 1. The number of hydrogen-bond donors (Lipinski definition) is 1. The summed E-state index contributed by atoms with van der Waals surface area (Å²) in [6.07, 6.45) is 0.726. The summed E-state index contributed by atoms with van der Waals surface area (Å²) in [5.74, 6) is -0.0753. The van der Waals surface area contributed by atoms with E-state index < -0.39 is 5.82 Å². The molecule has 0 spiro atoms. The molecule has 2 aromatic rings. The minimum Gasteiger partial charge on any atom is -0.492 e. The van der Waals surface area contributed by atoms with E-state index in [1.165, 1.54) is 6.07 Å². The molecule has 2 rings (SSSR count). The Kier molecular flexibility index (Phi) is 4.44. The summed E-state index contributed by atoms with van der Waals surface area (Å²) in [5, 5.41) is 0. The number of aromatic nitrogens is 1. The Bertz CT molecular complexity index is 598. The van der Waals surface area contributed by atoms with Gasteiger partial charge in [0.2, 0.25) is 0 Å². The Morgan fingerprint density at radius 3 is 2.95 bits per heavy atom. The summed E-state index contributed by atoms with van der Waals surface area (Å²) < 4.78 is 19.2. The number of nitrogens with zero attached hydrogens (tertiary/aromatic N) is 1. The van der Waals surface area contributed by atoms with Gasteiger partial charge in [0.1, 0.15) is 16.6 Å². The molecule has 0 radical (unpaired) electrons. The Morgan fingerprint density at radius 2 is 2.32 bits per heavy atom. The van der Waals surface area contributed by atoms with Gasteiger partial charge >= 0.3 is 0 Å². The van der Waals surface area contributed by atoms with Gasteiger partial charge in [-0.3, -0.25) is 0 Å². The molecule has 0 aliphatic rings. The highest BCUT2D eigenvalue weighted by atomic mass is 32.1. The van der Waals surface area contributed by atoms with Crippen molar-refractivity contribution in [1.82, 2.24) is 4.98 Å². The van der Waals surface area contributed by atoms with Crippen LogP contribution in [0.15, 0.2) is 23.7 Å². The molecule has 19 heavy (non-hydrogen) atoms. The first kappa shape index (κ1) is 13.9. The molecular formula is C13H13FN2OS2. The second-order valence-corrected chi connectivity index (χ2v) is 5.32. The minimum absolute atomic E-state index is 0.00192. The Hall–Kier alpha value is -1.53. The highest BCUT2D eigenvalue weighted by Crippen LogP contribution is 2.22. The predicted octanol–water partition coefficient (Wildman–Crippen LogP) is 2.85. The number of benzene rings is 1. The zero-order valence-corrected chi connectivity index (χ0v) is 12.0. The maximum absolute atomic E-state index is 13.6. The van der Waals surface area contributed by atoms with E-state index in [1.54, 1.807) is 29.0 Å². The molecule has 100 valence electrons. The van der Waals surface area contributed by atoms with Crippen molar-refractivity contribution in [1.29, 1.82) is 0 Å². The SMILES string of the molecule is Cc1ncsc1CCOc1cccc(F)c1C(N)=S. The van der Waals surface area contributed by atoms with Crippen molar-refractivity contribution in [2.45, 2.75) is 13.3 Å². The molecular weight excluding hydrogens is 283 g/mol. The summed E-state index contributed by atoms with van der Waals surface area (Å²) >= 11 is 6.42. The van der Waals surface area contributed by atoms with Gasteiger partial charge in [0.25, 0.3) is 0 Å². The quantitative estimate of drug-likeness (QED) is 0.862. The molecule has 0 saturated carbocycles. The van der Waals surface area contributed by atoms with E-state index in [0.717, 1.165) is 17.0 Å². The third-order valence-corrected chi connectivity index (χ3v) is 3.85. The lowest BCUT2D eigenvalue weighted by Gasteiger charge is -2.11. The molecule has 3 nitrogen and oxygen atoms in total. The first-order valence-electron chi connectivity index (χ1n) is 5.69. The van der Waals surface area contributed by atoms with Crippen LogP contribution in [-0.4, -0.2) is 16.6 Å². The van der Waals surface area contributed by atoms with Crippen LogP contribution >= 0.6 is 23.6 Å². The number of halogens is 1. The van der Waals surface area contributed by atoms with Crippen molar-refractivity contribution in [3.05, 3.63) is 45.7 Å². The van der Waals surface area contributed by atoms with Crippen molar-refractivity contribution in [2.75, 3.05) is 6.61 Å². The lowest BCUT2D eigenvalue weighted by molar-refractivity contribution is 0.320. The van der Waals surface area contributed by atoms with Crippen molar-refractivity contribution >= 4 is 28.5 Å². The van der Waals surface area contributed by atoms with Gasteiger partial charge in [0.05, 0.1) is 23.4 Å². The van der Waals surface area contributed by atoms with Gasteiger partial charge in [-0.15, -0.1) is 11.3 Å². The fourth-order valence-corrected chi connectivity index (χ4v) is 2.64. The number of thiazole rings is 1. The molecule has 0 atom stereocenters. The lowest BCUT2D eigenvalue weighted by Crippen LogP contribution is -2.14. The summed E-state index contributed by atoms with van der Waals surface area (Å²) in [6.45, 7) is 2.39. The van der Waals surface area contributed by atoms with Crippen LogP contribution < -0.4 is 10.5 Å². The molecule has 1 aromatic heterocycles. The van der Waals surface area contributed by atoms with E-state index in [2.05, 4.69) is 4.98 Å². The second-order valence-electron chi connectivity index (χ2n) is 3.94. The largest absolute Gasteiger partial charge is 0.492 e. The molecule has 0 saturated heterocycles. The van der Waals surface area contributed by atoms with E-state index in [1.807, 2.05) is 6.92 Å². The van der Waals surface area contributed by atoms with Gasteiger partial charge in [0, 0.05) is 11.3 Å². The Labute approximate surface area is 120 Å². The first-order valence-corrected chi connectivity index (χ1v) is 6.98. The van der Waals surface area contributed by atoms with Gasteiger partial charge in [-0.25, -0.2) is 9.37 Å². The van der Waals surface area contributed by atoms with E-state index in [9.17, 15) is 4.39 Å². The van der Waals surface area contributed by atoms with Crippen molar-refractivity contribution in [3.8, 4) is 5.75 Å². The van der Waals surface area contributed by atoms with Gasteiger partial charge in [0.15, 0.2) is 0 Å². The fourth-order valence-electron chi connectivity index (χ4n) is 1.68. The molecule has 0 unspecified atom stereocenters. The molecule has 0 aliphatic carbocycles. The van der Waals surface area contributed by atoms with Crippen LogP contribution in [0.25, 0.3) is 0 Å². The van der Waals surface area contributed by atoms with Gasteiger partial charge in [-0.2, -0.15) is 0 Å². The molecule has 6 heteroatoms. The second kappa shape index (κ2) is 6.08. The number of rotatable bonds is 5. The normalized spacial score (nSPS) is 10.4. The van der Waals surface area contributed by atoms with Crippen LogP contribution in [0.2, 0.25) is 0 Å². The molecule has 0 bridgehead atoms. The van der Waals surface area contributed by atoms with Gasteiger partial charge in [-0.1, -0.05) is 18.3 Å². The summed E-state index contributed by atoms with van der Waals surface area (Å²) in [5.41, 5.74) is 8.48. The highest BCUT2D eigenvalue weighted by Gasteiger charge is 2.12. The Morgan fingerprint density at radius 1 is 1.53 bits per heavy atom. The number of aryl methyl sites for hydroxylation is 1. The Balaban J connectivity index is 2.06. The smallest absolute Gasteiger partial charge is 0.137 e. The third kappa shape index (κ3) is 3.27. The first-order chi connectivity index (χ1) is 9.09. The molecule has 0 aliphatic heterocycles. The minimum atomic E-state index is -0.459. The molecule has 2 N–H and O–H groups in total. The van der Waals surface area contributed by atoms with E-state index in [4.69, 9.17) is 22.7 Å². The maximum Gasteiger partial charge on any atom is 0.137 e. The zero-order valence-electron chi connectivity index (χ0n) is 10.4. The lowest BCUT2D eigenvalue weighted by atomic mass is 10.2. The van der Waals surface area contributed by atoms with Crippen LogP contribution in [0.1, 0.15) is 16.1 Å². The fraction of sp³-hybridized carbons (Fsp3) is 0.231. The van der Waals surface area contributed by atoms with E-state index in [0.29, 0.717) is 12.4 Å². The van der Waals surface area contributed by atoms with Crippen molar-refractivity contribution in [3.63, 3.8) is 0 Å². The van der Waals surface area contributed by atoms with E-state index >= 15 is 0 Å². The molecule has 1 heterocycles. The topological polar surface area (TPSA) is 48.1 Å². The summed E-state index contributed by atoms with van der Waals surface area (Å²) in [7, 11) is 0. The third-order valence-electron chi connectivity index (χ3n) is 2.65. The highest BCUT2D eigenvalue weighted by molar-refractivity contribution is 7.80. The number of nitrogens with two attached hydrogens (primary N) is 1. The maximum atomic E-state index is 13.6. The van der Waals surface area contributed by atoms with Crippen molar-refractivity contribution in [2.24, 2.45) is 5.73 Å². The number of thiocarbonyl (C=S) groups is 1. The zero-order chi connectivity index (χ0) is 13.8. The average molecular weight is 296 g/mol. The number of hydrogen-bond acceptors (Lipinski definition) is 4. The van der Waals surface area contributed by atoms with Gasteiger partial charge < -0.3 is 10.5 Å². The molecule has 1 aromatic carbocycles. The summed E-state index contributed by atoms with van der Waals surface area (Å²) in [4.78, 5) is 5.33. The monoisotopic (exact) mass is 296 g/mol. The van der Waals surface area contributed by atoms with Crippen LogP contribution in [0, 0.1) is 12.7 Å². The average Bonchev–Trinajstić information content (AvgIpc) is 2.75. The van der Waals surface area contributed by atoms with Crippen molar-refractivity contribution < 1.29 is 9.13 Å². The predicted molar refractivity (Wildman–Crippen MR) is 78.3 cm³/mol. The van der Waals surface area contributed by atoms with Crippen LogP contribution in [0.4, 0.5) is 4.39 Å². The van der Waals surface area contributed by atoms with Crippen LogP contribution in [0.3, 0.4) is 0 Å². The summed E-state index contributed by atoms with van der Waals surface area (Å²) in [6, 6.07) is 4.55. The van der Waals surface area contributed by atoms with Crippen LogP contribution in [0.5, 0.6) is 5.75 Å². The van der Waals surface area contributed by atoms with Gasteiger partial charge in [-0.05, 0) is 19.1 Å².